The summed E-state index contributed by atoms with van der Waals surface area (Å²) in [5.41, 5.74) is 0.0358. The Labute approximate surface area is 126 Å². The zero-order chi connectivity index (χ0) is 15.9. The summed E-state index contributed by atoms with van der Waals surface area (Å²) in [6, 6.07) is 2.00. The van der Waals surface area contributed by atoms with Crippen molar-refractivity contribution in [1.82, 2.24) is 9.55 Å². The summed E-state index contributed by atoms with van der Waals surface area (Å²) in [5, 5.41) is -1.07. The molecule has 116 valence electrons. The summed E-state index contributed by atoms with van der Waals surface area (Å²) < 4.78 is 65.6. The number of nitrogens with zero attached hydrogens (tertiary/aromatic N) is 2. The third-order valence-electron chi connectivity index (χ3n) is 2.86. The van der Waals surface area contributed by atoms with Crippen LogP contribution < -0.4 is 0 Å². The van der Waals surface area contributed by atoms with Gasteiger partial charge in [-0.05, 0) is 13.0 Å². The molecule has 1 aromatic heterocycles. The van der Waals surface area contributed by atoms with E-state index in [1.54, 1.807) is 0 Å². The van der Waals surface area contributed by atoms with Crippen molar-refractivity contribution in [3.8, 4) is 0 Å². The van der Waals surface area contributed by atoms with Gasteiger partial charge in [0.05, 0.1) is 28.0 Å². The Kier molecular flexibility index (Phi) is 4.35. The third-order valence-corrected chi connectivity index (χ3v) is 3.35. The van der Waals surface area contributed by atoms with Crippen LogP contribution in [-0.4, -0.2) is 21.9 Å². The molecule has 2 nitrogen and oxygen atoms in total. The van der Waals surface area contributed by atoms with Gasteiger partial charge in [-0.25, -0.2) is 18.2 Å². The van der Waals surface area contributed by atoms with Crippen molar-refractivity contribution in [1.29, 1.82) is 0 Å². The summed E-state index contributed by atoms with van der Waals surface area (Å²) in [6.07, 6.45) is -3.86. The van der Waals surface area contributed by atoms with E-state index in [1.807, 2.05) is 0 Å². The first kappa shape index (κ1) is 16.3. The van der Waals surface area contributed by atoms with E-state index in [-0.39, 0.29) is 21.9 Å². The minimum absolute atomic E-state index is 0.0614. The molecular formula is C12H9Cl2F5N2. The number of halogens is 7. The van der Waals surface area contributed by atoms with Crippen molar-refractivity contribution in [2.45, 2.75) is 31.2 Å². The largest absolute Gasteiger partial charge is 0.324 e. The summed E-state index contributed by atoms with van der Waals surface area (Å²) in [7, 11) is 0. The Bertz CT molecular complexity index is 669. The lowest BCUT2D eigenvalue weighted by atomic mass is 10.2. The van der Waals surface area contributed by atoms with Crippen molar-refractivity contribution in [2.75, 3.05) is 0 Å². The van der Waals surface area contributed by atoms with E-state index >= 15 is 0 Å². The van der Waals surface area contributed by atoms with Gasteiger partial charge < -0.3 is 4.57 Å². The summed E-state index contributed by atoms with van der Waals surface area (Å²) >= 11 is 11.4. The van der Waals surface area contributed by atoms with E-state index in [2.05, 4.69) is 4.98 Å². The van der Waals surface area contributed by atoms with Gasteiger partial charge in [0.2, 0.25) is 0 Å². The molecule has 2 aromatic rings. The molecule has 0 spiro atoms. The van der Waals surface area contributed by atoms with Crippen LogP contribution in [0.4, 0.5) is 22.0 Å². The van der Waals surface area contributed by atoms with Crippen LogP contribution in [0, 0.1) is 5.82 Å². The van der Waals surface area contributed by atoms with Crippen molar-refractivity contribution in [2.24, 2.45) is 0 Å². The smallest absolute Gasteiger partial charge is 0.320 e. The zero-order valence-corrected chi connectivity index (χ0v) is 12.1. The van der Waals surface area contributed by atoms with Gasteiger partial charge in [0.1, 0.15) is 11.6 Å². The number of benzene rings is 1. The fourth-order valence-electron chi connectivity index (χ4n) is 1.89. The van der Waals surface area contributed by atoms with Gasteiger partial charge in [-0.15, -0.1) is 11.6 Å². The summed E-state index contributed by atoms with van der Waals surface area (Å²) in [4.78, 5) is 3.96. The number of imidazole rings is 1. The average Bonchev–Trinajstić information content (AvgIpc) is 2.68. The molecule has 2 rings (SSSR count). The maximum absolute atomic E-state index is 13.5. The van der Waals surface area contributed by atoms with Gasteiger partial charge in [-0.2, -0.15) is 8.78 Å². The lowest BCUT2D eigenvalue weighted by Gasteiger charge is -2.18. The predicted molar refractivity (Wildman–Crippen MR) is 69.9 cm³/mol. The lowest BCUT2D eigenvalue weighted by molar-refractivity contribution is -0.137. The first-order chi connectivity index (χ1) is 9.63. The van der Waals surface area contributed by atoms with Crippen molar-refractivity contribution in [3.05, 3.63) is 28.8 Å². The molecule has 0 amide bonds. The molecule has 1 aromatic carbocycles. The van der Waals surface area contributed by atoms with Crippen molar-refractivity contribution >= 4 is 34.2 Å². The molecule has 21 heavy (non-hydrogen) atoms. The molecule has 0 saturated carbocycles. The highest BCUT2D eigenvalue weighted by atomic mass is 35.5. The Morgan fingerprint density at radius 2 is 1.95 bits per heavy atom. The van der Waals surface area contributed by atoms with Crippen LogP contribution in [0.3, 0.4) is 0 Å². The Hall–Kier alpha value is -1.08. The fraction of sp³-hybridized carbons (Fsp3) is 0.417. The number of aromatic nitrogens is 2. The highest BCUT2D eigenvalue weighted by Crippen LogP contribution is 2.32. The molecule has 1 unspecified atom stereocenters. The Balaban J connectivity index is 2.64. The van der Waals surface area contributed by atoms with Crippen molar-refractivity contribution in [3.63, 3.8) is 0 Å². The molecule has 1 heterocycles. The SMILES string of the molecule is CC(Cl)c1nc2cc(Cl)c(F)cc2n1CC(F)(F)C(F)F. The normalized spacial score (nSPS) is 14.1. The molecule has 9 heteroatoms. The molecule has 0 aliphatic carbocycles. The van der Waals surface area contributed by atoms with E-state index in [0.717, 1.165) is 16.7 Å². The van der Waals surface area contributed by atoms with Gasteiger partial charge in [-0.3, -0.25) is 0 Å². The molecular weight excluding hydrogens is 338 g/mol. The minimum Gasteiger partial charge on any atom is -0.320 e. The number of hydrogen-bond acceptors (Lipinski definition) is 1. The second-order valence-electron chi connectivity index (χ2n) is 4.49. The number of hydrogen-bond donors (Lipinski definition) is 0. The van der Waals surface area contributed by atoms with E-state index in [9.17, 15) is 22.0 Å². The van der Waals surface area contributed by atoms with Gasteiger partial charge >= 0.3 is 12.3 Å². The first-order valence-electron chi connectivity index (χ1n) is 5.78. The highest BCUT2D eigenvalue weighted by molar-refractivity contribution is 6.31. The van der Waals surface area contributed by atoms with E-state index in [1.165, 1.54) is 6.92 Å². The second kappa shape index (κ2) is 5.61. The summed E-state index contributed by atoms with van der Waals surface area (Å²) in [6.45, 7) is 0.0897. The minimum atomic E-state index is -4.29. The van der Waals surface area contributed by atoms with Gasteiger partial charge in [0.25, 0.3) is 0 Å². The molecule has 0 aliphatic heterocycles. The quantitative estimate of drug-likeness (QED) is 0.560. The molecule has 0 bridgehead atoms. The van der Waals surface area contributed by atoms with E-state index in [4.69, 9.17) is 23.2 Å². The maximum atomic E-state index is 13.5. The van der Waals surface area contributed by atoms with Crippen LogP contribution in [0.2, 0.25) is 5.02 Å². The maximum Gasteiger partial charge on any atom is 0.324 e. The van der Waals surface area contributed by atoms with Crippen LogP contribution >= 0.6 is 23.2 Å². The molecule has 0 radical (unpaired) electrons. The van der Waals surface area contributed by atoms with E-state index in [0.29, 0.717) is 0 Å². The fourth-order valence-corrected chi connectivity index (χ4v) is 2.21. The monoisotopic (exact) mass is 346 g/mol. The molecule has 0 fully saturated rings. The predicted octanol–water partition coefficient (Wildman–Crippen LogP) is 5.03. The Morgan fingerprint density at radius 1 is 1.33 bits per heavy atom. The van der Waals surface area contributed by atoms with Crippen LogP contribution in [-0.2, 0) is 6.54 Å². The highest BCUT2D eigenvalue weighted by Gasteiger charge is 2.42. The van der Waals surface area contributed by atoms with Crippen LogP contribution in [0.1, 0.15) is 18.1 Å². The molecule has 0 saturated heterocycles. The molecule has 0 aliphatic rings. The number of fused-ring (bicyclic) bond motifs is 1. The average molecular weight is 347 g/mol. The zero-order valence-electron chi connectivity index (χ0n) is 10.6. The van der Waals surface area contributed by atoms with Gasteiger partial charge in [0.15, 0.2) is 0 Å². The van der Waals surface area contributed by atoms with Gasteiger partial charge in [0, 0.05) is 6.07 Å². The third kappa shape index (κ3) is 3.08. The lowest BCUT2D eigenvalue weighted by Crippen LogP contribution is -2.32. The van der Waals surface area contributed by atoms with Crippen LogP contribution in [0.5, 0.6) is 0 Å². The number of alkyl halides is 5. The molecule has 0 N–H and O–H groups in total. The molecule has 1 atom stereocenters. The Morgan fingerprint density at radius 3 is 2.48 bits per heavy atom. The van der Waals surface area contributed by atoms with Crippen LogP contribution in [0.25, 0.3) is 11.0 Å². The summed E-state index contributed by atoms with van der Waals surface area (Å²) in [5.74, 6) is -5.21. The second-order valence-corrected chi connectivity index (χ2v) is 5.55. The first-order valence-corrected chi connectivity index (χ1v) is 6.60. The van der Waals surface area contributed by atoms with Gasteiger partial charge in [-0.1, -0.05) is 11.6 Å². The standard InChI is InChI=1S/C12H9Cl2F5N2/c1-5(13)10-20-8-2-6(14)7(15)3-9(8)21(10)4-12(18,19)11(16)17/h2-3,5,11H,4H2,1H3. The topological polar surface area (TPSA) is 17.8 Å². The van der Waals surface area contributed by atoms with Crippen molar-refractivity contribution < 1.29 is 22.0 Å². The van der Waals surface area contributed by atoms with Crippen LogP contribution in [0.15, 0.2) is 12.1 Å². The van der Waals surface area contributed by atoms with E-state index < -0.39 is 30.1 Å². The number of rotatable bonds is 4.